The van der Waals surface area contributed by atoms with E-state index in [0.717, 1.165) is 103 Å². The summed E-state index contributed by atoms with van der Waals surface area (Å²) in [5.74, 6) is -2.02. The molecule has 1 fully saturated rings. The highest BCUT2D eigenvalue weighted by Crippen LogP contribution is 2.35. The molecule has 0 aliphatic carbocycles. The topological polar surface area (TPSA) is 396 Å². The average Bonchev–Trinajstić information content (AvgIpc) is 4.17. The molecule has 0 saturated carbocycles. The van der Waals surface area contributed by atoms with Gasteiger partial charge in [-0.1, -0.05) is 194 Å². The third-order valence-corrected chi connectivity index (χ3v) is 18.2. The van der Waals surface area contributed by atoms with Gasteiger partial charge in [-0.15, -0.1) is 0 Å². The fraction of sp³-hybridized carbons (Fsp3) is 0.944. The van der Waals surface area contributed by atoms with Gasteiger partial charge in [-0.25, -0.2) is 14.4 Å². The molecule has 0 aromatic carbocycles. The van der Waals surface area contributed by atoms with E-state index in [-0.39, 0.29) is 50.7 Å². The van der Waals surface area contributed by atoms with Crippen LogP contribution in [0.4, 0.5) is 0 Å². The summed E-state index contributed by atoms with van der Waals surface area (Å²) in [6.45, 7) is 6.37. The largest absolute Gasteiger partial charge is 0.390 e. The Kier molecular flexibility index (Phi) is 49.0. The standard InChI is InChI=1S/2C18H36O8S.C18H34O7S/c1-2-3-4-6-9-12-15(19)18(21)16(27(23,24)25)13-10-7-5-8-11-14-17(20)26-22;1-2-3-4-5-6-10-13-16(27(23,24)25)18(21)15(19)12-9-7-8-11-14-17(20)26-22;1-2-3-4-6-9-12-15-18(24-15)16(26(21,22)23)13-10-7-5-8-11-14-17(19)25-20/h2*15-16,18-19,21-22H,2-14H2,1H3,(H,23,24,25);15-16,18,20H,2-14H2,1H3,(H,21,22,23). The summed E-state index contributed by atoms with van der Waals surface area (Å²) in [6.07, 6.45) is 22.3. The van der Waals surface area contributed by atoms with Crippen molar-refractivity contribution >= 4 is 48.3 Å². The summed E-state index contributed by atoms with van der Waals surface area (Å²) >= 11 is 0. The summed E-state index contributed by atoms with van der Waals surface area (Å²) in [4.78, 5) is 43.0. The van der Waals surface area contributed by atoms with E-state index in [1.54, 1.807) is 0 Å². The smallest absolute Gasteiger partial charge is 0.342 e. The maximum Gasteiger partial charge on any atom is 0.342 e. The molecule has 1 saturated heterocycles. The maximum atomic E-state index is 11.6. The molecule has 23 nitrogen and oxygen atoms in total. The molecule has 0 aromatic heterocycles. The van der Waals surface area contributed by atoms with Gasteiger partial charge >= 0.3 is 17.9 Å². The Morgan fingerprint density at radius 3 is 0.963 bits per heavy atom. The molecule has 9 unspecified atom stereocenters. The van der Waals surface area contributed by atoms with Crippen molar-refractivity contribution < 1.29 is 109 Å². The Labute approximate surface area is 478 Å². The van der Waals surface area contributed by atoms with Gasteiger partial charge in [-0.2, -0.15) is 41.0 Å². The van der Waals surface area contributed by atoms with Gasteiger partial charge in [-0.3, -0.25) is 13.7 Å². The van der Waals surface area contributed by atoms with Crippen LogP contribution < -0.4 is 0 Å². The van der Waals surface area contributed by atoms with E-state index in [9.17, 15) is 73.7 Å². The Morgan fingerprint density at radius 2 is 0.662 bits per heavy atom. The quantitative estimate of drug-likeness (QED) is 0.00675. The molecule has 1 aliphatic heterocycles. The number of rotatable bonds is 50. The molecule has 9 atom stereocenters. The van der Waals surface area contributed by atoms with E-state index < -0.39 is 88.4 Å². The minimum atomic E-state index is -4.46. The Hall–Kier alpha value is -2.18. The second-order valence-corrected chi connectivity index (χ2v) is 26.2. The third-order valence-electron chi connectivity index (χ3n) is 14.4. The molecule has 80 heavy (non-hydrogen) atoms. The number of hydrogen-bond acceptors (Lipinski definition) is 20. The Morgan fingerprint density at radius 1 is 0.388 bits per heavy atom. The lowest BCUT2D eigenvalue weighted by Crippen LogP contribution is -2.42. The predicted octanol–water partition coefficient (Wildman–Crippen LogP) is 10.3. The van der Waals surface area contributed by atoms with Crippen molar-refractivity contribution in [3.05, 3.63) is 0 Å². The second kappa shape index (κ2) is 49.1. The van der Waals surface area contributed by atoms with E-state index in [1.807, 2.05) is 0 Å². The third kappa shape index (κ3) is 43.5. The van der Waals surface area contributed by atoms with E-state index in [2.05, 4.69) is 35.4 Å². The van der Waals surface area contributed by atoms with Gasteiger partial charge < -0.3 is 39.8 Å². The van der Waals surface area contributed by atoms with Crippen molar-refractivity contribution in [1.82, 2.24) is 0 Å². The molecule has 0 amide bonds. The number of carbonyl (C=O) groups is 3. The van der Waals surface area contributed by atoms with Crippen LogP contribution in [-0.4, -0.2) is 145 Å². The van der Waals surface area contributed by atoms with Crippen LogP contribution in [0.1, 0.15) is 271 Å². The number of carbonyl (C=O) groups excluding carboxylic acids is 3. The van der Waals surface area contributed by atoms with Crippen molar-refractivity contribution in [1.29, 1.82) is 0 Å². The summed E-state index contributed by atoms with van der Waals surface area (Å²) in [5, 5.41) is 61.3. The summed E-state index contributed by atoms with van der Waals surface area (Å²) in [7, 11) is -13.0. The van der Waals surface area contributed by atoms with Crippen LogP contribution in [0.3, 0.4) is 0 Å². The monoisotopic (exact) mass is 1220 g/mol. The number of aliphatic hydroxyl groups is 4. The normalized spacial score (nSPS) is 17.1. The molecule has 0 radical (unpaired) electrons. The minimum Gasteiger partial charge on any atom is -0.390 e. The highest BCUT2D eigenvalue weighted by molar-refractivity contribution is 7.87. The van der Waals surface area contributed by atoms with Gasteiger partial charge in [-0.05, 0) is 57.8 Å². The Balaban J connectivity index is 0. The van der Waals surface area contributed by atoms with Crippen molar-refractivity contribution in [3.63, 3.8) is 0 Å². The number of aliphatic hydroxyl groups excluding tert-OH is 4. The first-order valence-electron chi connectivity index (χ1n) is 29.7. The minimum absolute atomic E-state index is 0.0342. The first-order chi connectivity index (χ1) is 37.9. The molecule has 10 N–H and O–H groups in total. The fourth-order valence-corrected chi connectivity index (χ4v) is 12.5. The van der Waals surface area contributed by atoms with E-state index in [1.165, 1.54) is 19.3 Å². The van der Waals surface area contributed by atoms with Gasteiger partial charge in [0.25, 0.3) is 30.4 Å². The molecule has 1 heterocycles. The molecular formula is C54H106O23S3. The maximum absolute atomic E-state index is 11.6. The van der Waals surface area contributed by atoms with Gasteiger partial charge in [0.2, 0.25) is 0 Å². The van der Waals surface area contributed by atoms with Crippen LogP contribution in [0.15, 0.2) is 0 Å². The van der Waals surface area contributed by atoms with Gasteiger partial charge in [0, 0.05) is 19.3 Å². The Bertz CT molecular complexity index is 1870. The summed E-state index contributed by atoms with van der Waals surface area (Å²) in [5.41, 5.74) is 0. The highest BCUT2D eigenvalue weighted by Gasteiger charge is 2.49. The van der Waals surface area contributed by atoms with Crippen molar-refractivity contribution in [3.8, 4) is 0 Å². The zero-order valence-electron chi connectivity index (χ0n) is 48.3. The lowest BCUT2D eigenvalue weighted by Gasteiger charge is -2.24. The van der Waals surface area contributed by atoms with E-state index in [0.29, 0.717) is 89.9 Å². The number of ether oxygens (including phenoxy) is 1. The predicted molar refractivity (Wildman–Crippen MR) is 302 cm³/mol. The van der Waals surface area contributed by atoms with Crippen LogP contribution in [0.25, 0.3) is 0 Å². The van der Waals surface area contributed by atoms with Gasteiger partial charge in [0.1, 0.15) is 21.9 Å². The van der Waals surface area contributed by atoms with E-state index in [4.69, 9.17) is 20.5 Å². The number of hydrogen-bond donors (Lipinski definition) is 10. The fourth-order valence-electron chi connectivity index (χ4n) is 9.46. The average molecular weight is 1220 g/mol. The second-order valence-electron chi connectivity index (χ2n) is 21.3. The molecular weight excluding hydrogens is 1110 g/mol. The lowest BCUT2D eigenvalue weighted by molar-refractivity contribution is -0.234. The van der Waals surface area contributed by atoms with Gasteiger partial charge in [0.15, 0.2) is 0 Å². The van der Waals surface area contributed by atoms with Crippen molar-refractivity contribution in [2.45, 2.75) is 324 Å². The van der Waals surface area contributed by atoms with Gasteiger partial charge in [0.05, 0.1) is 30.5 Å². The van der Waals surface area contributed by atoms with Crippen LogP contribution in [0.5, 0.6) is 0 Å². The molecule has 0 bridgehead atoms. The number of epoxide rings is 1. The molecule has 1 rings (SSSR count). The molecule has 1 aliphatic rings. The molecule has 0 spiro atoms. The summed E-state index contributed by atoms with van der Waals surface area (Å²) in [6, 6.07) is 0. The van der Waals surface area contributed by atoms with Crippen LogP contribution in [0, 0.1) is 0 Å². The zero-order chi connectivity index (χ0) is 60.8. The SMILES string of the molecule is CCCCCCCC(O)C(O)C(CCCCCCCC(=O)OO)S(=O)(=O)O.CCCCCCCC1OC1C(CCCCCCCC(=O)OO)S(=O)(=O)O.CCCCCCCCC(C(O)C(O)CCCCCCC(=O)OO)S(=O)(=O)O. The molecule has 478 valence electrons. The van der Waals surface area contributed by atoms with E-state index >= 15 is 0 Å². The van der Waals surface area contributed by atoms with Crippen LogP contribution in [0.2, 0.25) is 0 Å². The highest BCUT2D eigenvalue weighted by atomic mass is 32.2. The zero-order valence-corrected chi connectivity index (χ0v) is 50.7. The number of unbranched alkanes of at least 4 members (excludes halogenated alkanes) is 24. The van der Waals surface area contributed by atoms with Crippen LogP contribution in [-0.2, 0) is 64.1 Å². The first kappa shape index (κ1) is 79.9. The van der Waals surface area contributed by atoms with Crippen molar-refractivity contribution in [2.75, 3.05) is 0 Å². The molecule has 26 heteroatoms. The first-order valence-corrected chi connectivity index (χ1v) is 34.2. The van der Waals surface area contributed by atoms with Crippen molar-refractivity contribution in [2.24, 2.45) is 0 Å². The molecule has 0 aromatic rings. The van der Waals surface area contributed by atoms with Crippen LogP contribution >= 0.6 is 0 Å². The summed E-state index contributed by atoms with van der Waals surface area (Å²) < 4.78 is 103. The lowest BCUT2D eigenvalue weighted by atomic mass is 9.99.